The van der Waals surface area contributed by atoms with Crippen LogP contribution in [0.2, 0.25) is 0 Å². The summed E-state index contributed by atoms with van der Waals surface area (Å²) < 4.78 is 2.03. The summed E-state index contributed by atoms with van der Waals surface area (Å²) in [6.45, 7) is 5.69. The normalized spacial score (nSPS) is 14.8. The molecule has 0 spiro atoms. The third-order valence-corrected chi connectivity index (χ3v) is 6.62. The van der Waals surface area contributed by atoms with Gasteiger partial charge in [0.2, 0.25) is 0 Å². The van der Waals surface area contributed by atoms with Gasteiger partial charge in [-0.1, -0.05) is 6.07 Å². The summed E-state index contributed by atoms with van der Waals surface area (Å²) in [7, 11) is 0. The fourth-order valence-electron chi connectivity index (χ4n) is 3.86. The molecule has 0 saturated carbocycles. The maximum Gasteiger partial charge on any atom is 0.253 e. The molecule has 164 valence electrons. The van der Waals surface area contributed by atoms with Crippen LogP contribution in [0.3, 0.4) is 0 Å². The van der Waals surface area contributed by atoms with Crippen LogP contribution >= 0.6 is 11.8 Å². The van der Waals surface area contributed by atoms with E-state index in [0.717, 1.165) is 52.3 Å². The number of aromatic nitrogens is 5. The van der Waals surface area contributed by atoms with Crippen molar-refractivity contribution in [3.8, 4) is 0 Å². The van der Waals surface area contributed by atoms with Crippen LogP contribution in [0.25, 0.3) is 5.65 Å². The second-order valence-corrected chi connectivity index (χ2v) is 8.97. The molecular weight excluding hydrogens is 422 g/mol. The molecule has 1 aliphatic heterocycles. The van der Waals surface area contributed by atoms with Crippen LogP contribution in [0.4, 0.5) is 0 Å². The van der Waals surface area contributed by atoms with Gasteiger partial charge in [0.25, 0.3) is 5.91 Å². The number of amides is 1. The van der Waals surface area contributed by atoms with Crippen LogP contribution < -0.4 is 0 Å². The summed E-state index contributed by atoms with van der Waals surface area (Å²) in [6, 6.07) is 13.9. The Morgan fingerprint density at radius 3 is 2.59 bits per heavy atom. The molecule has 1 aromatic carbocycles. The standard InChI is InChI=1S/C23H25N7OS/c1-17-24-21(27-26-17)15-28-10-12-29(13-11-28)23(31)18-5-7-20(8-6-18)32-16-19-14-30-9-3-2-4-22(30)25-19/h2-9,14H,10-13,15-16H2,1H3,(H,24,26,27). The van der Waals surface area contributed by atoms with Crippen molar-refractivity contribution in [1.82, 2.24) is 34.4 Å². The lowest BCUT2D eigenvalue weighted by Gasteiger charge is -2.34. The van der Waals surface area contributed by atoms with E-state index in [2.05, 4.69) is 31.3 Å². The number of thioether (sulfide) groups is 1. The summed E-state index contributed by atoms with van der Waals surface area (Å²) in [5.41, 5.74) is 2.74. The number of hydrogen-bond donors (Lipinski definition) is 1. The highest BCUT2D eigenvalue weighted by atomic mass is 32.2. The number of piperazine rings is 1. The number of hydrogen-bond acceptors (Lipinski definition) is 6. The Morgan fingerprint density at radius 1 is 1.06 bits per heavy atom. The molecule has 1 aliphatic rings. The van der Waals surface area contributed by atoms with Crippen LogP contribution in [-0.2, 0) is 12.3 Å². The number of fused-ring (bicyclic) bond motifs is 1. The highest BCUT2D eigenvalue weighted by Crippen LogP contribution is 2.23. The molecule has 1 N–H and O–H groups in total. The molecule has 1 saturated heterocycles. The van der Waals surface area contributed by atoms with Crippen molar-refractivity contribution in [2.75, 3.05) is 26.2 Å². The van der Waals surface area contributed by atoms with Crippen LogP contribution in [-0.4, -0.2) is 66.5 Å². The van der Waals surface area contributed by atoms with Crippen molar-refractivity contribution < 1.29 is 4.79 Å². The first-order valence-corrected chi connectivity index (χ1v) is 11.7. The quantitative estimate of drug-likeness (QED) is 0.458. The molecule has 5 rings (SSSR count). The molecule has 0 bridgehead atoms. The molecule has 8 nitrogen and oxygen atoms in total. The van der Waals surface area contributed by atoms with Gasteiger partial charge >= 0.3 is 0 Å². The first-order valence-electron chi connectivity index (χ1n) is 10.7. The van der Waals surface area contributed by atoms with Gasteiger partial charge in [0.15, 0.2) is 5.82 Å². The first kappa shape index (κ1) is 20.7. The van der Waals surface area contributed by atoms with E-state index in [4.69, 9.17) is 0 Å². The van der Waals surface area contributed by atoms with Gasteiger partial charge in [-0.3, -0.25) is 14.8 Å². The Bertz CT molecular complexity index is 1180. The Hall–Kier alpha value is -3.17. The van der Waals surface area contributed by atoms with Crippen LogP contribution in [0.15, 0.2) is 59.8 Å². The van der Waals surface area contributed by atoms with Gasteiger partial charge in [0.1, 0.15) is 11.5 Å². The van der Waals surface area contributed by atoms with E-state index < -0.39 is 0 Å². The highest BCUT2D eigenvalue weighted by Gasteiger charge is 2.23. The summed E-state index contributed by atoms with van der Waals surface area (Å²) in [5, 5.41) is 7.08. The van der Waals surface area contributed by atoms with E-state index in [1.165, 1.54) is 0 Å². The van der Waals surface area contributed by atoms with Crippen molar-refractivity contribution >= 4 is 23.3 Å². The summed E-state index contributed by atoms with van der Waals surface area (Å²) >= 11 is 1.73. The van der Waals surface area contributed by atoms with Gasteiger partial charge in [0, 0.05) is 54.8 Å². The fraction of sp³-hybridized carbons (Fsp3) is 0.304. The smallest absolute Gasteiger partial charge is 0.253 e. The number of imidazole rings is 1. The number of carbonyl (C=O) groups excluding carboxylic acids is 1. The van der Waals surface area contributed by atoms with Crippen molar-refractivity contribution in [3.63, 3.8) is 0 Å². The predicted molar refractivity (Wildman–Crippen MR) is 123 cm³/mol. The van der Waals surface area contributed by atoms with Crippen molar-refractivity contribution in [2.45, 2.75) is 24.1 Å². The number of aryl methyl sites for hydroxylation is 1. The lowest BCUT2D eigenvalue weighted by Crippen LogP contribution is -2.48. The third kappa shape index (κ3) is 4.68. The number of nitrogens with zero attached hydrogens (tertiary/aromatic N) is 6. The topological polar surface area (TPSA) is 82.4 Å². The van der Waals surface area contributed by atoms with Gasteiger partial charge < -0.3 is 9.30 Å². The summed E-state index contributed by atoms with van der Waals surface area (Å²) in [5.74, 6) is 2.52. The molecule has 4 aromatic rings. The molecule has 1 amide bonds. The lowest BCUT2D eigenvalue weighted by atomic mass is 10.2. The van der Waals surface area contributed by atoms with Crippen molar-refractivity contribution in [1.29, 1.82) is 0 Å². The molecule has 0 aliphatic carbocycles. The molecule has 0 unspecified atom stereocenters. The van der Waals surface area contributed by atoms with Gasteiger partial charge in [-0.15, -0.1) is 11.8 Å². The number of H-pyrrole nitrogens is 1. The average molecular weight is 448 g/mol. The highest BCUT2D eigenvalue weighted by molar-refractivity contribution is 7.98. The van der Waals surface area contributed by atoms with E-state index in [1.807, 2.05) is 64.9 Å². The zero-order chi connectivity index (χ0) is 21.9. The molecule has 0 radical (unpaired) electrons. The Balaban J connectivity index is 1.13. The Morgan fingerprint density at radius 2 is 1.88 bits per heavy atom. The van der Waals surface area contributed by atoms with Gasteiger partial charge in [0.05, 0.1) is 12.2 Å². The van der Waals surface area contributed by atoms with E-state index in [1.54, 1.807) is 11.8 Å². The number of aromatic amines is 1. The lowest BCUT2D eigenvalue weighted by molar-refractivity contribution is 0.0625. The third-order valence-electron chi connectivity index (χ3n) is 5.57. The van der Waals surface area contributed by atoms with Gasteiger partial charge in [-0.25, -0.2) is 9.97 Å². The zero-order valence-corrected chi connectivity index (χ0v) is 18.8. The number of benzene rings is 1. The molecule has 4 heterocycles. The molecular formula is C23H25N7OS. The maximum atomic E-state index is 12.9. The minimum absolute atomic E-state index is 0.0929. The van der Waals surface area contributed by atoms with Crippen LogP contribution in [0, 0.1) is 6.92 Å². The van der Waals surface area contributed by atoms with Crippen LogP contribution in [0.1, 0.15) is 27.7 Å². The second kappa shape index (κ2) is 9.13. The second-order valence-electron chi connectivity index (χ2n) is 7.92. The number of rotatable bonds is 6. The van der Waals surface area contributed by atoms with E-state index in [0.29, 0.717) is 19.6 Å². The van der Waals surface area contributed by atoms with Gasteiger partial charge in [-0.05, 0) is 43.3 Å². The number of carbonyl (C=O) groups is 1. The molecule has 32 heavy (non-hydrogen) atoms. The SMILES string of the molecule is Cc1nc(CN2CCN(C(=O)c3ccc(SCc4cn5ccccc5n4)cc3)CC2)n[nH]1. The molecule has 0 atom stereocenters. The zero-order valence-electron chi connectivity index (χ0n) is 17.9. The fourth-order valence-corrected chi connectivity index (χ4v) is 4.64. The molecule has 1 fully saturated rings. The van der Waals surface area contributed by atoms with Crippen molar-refractivity contribution in [2.24, 2.45) is 0 Å². The number of nitrogens with one attached hydrogen (secondary N) is 1. The summed E-state index contributed by atoms with van der Waals surface area (Å²) in [6.07, 6.45) is 4.06. The van der Waals surface area contributed by atoms with E-state index in [9.17, 15) is 4.79 Å². The summed E-state index contributed by atoms with van der Waals surface area (Å²) in [4.78, 5) is 27.3. The average Bonchev–Trinajstić information content (AvgIpc) is 3.43. The largest absolute Gasteiger partial charge is 0.336 e. The number of pyridine rings is 1. The Labute approximate surface area is 190 Å². The minimum Gasteiger partial charge on any atom is -0.336 e. The minimum atomic E-state index is 0.0929. The predicted octanol–water partition coefficient (Wildman–Crippen LogP) is 3.01. The van der Waals surface area contributed by atoms with E-state index >= 15 is 0 Å². The van der Waals surface area contributed by atoms with Crippen molar-refractivity contribution in [3.05, 3.63) is 77.8 Å². The van der Waals surface area contributed by atoms with Crippen LogP contribution in [0.5, 0.6) is 0 Å². The first-order chi connectivity index (χ1) is 15.6. The maximum absolute atomic E-state index is 12.9. The molecule has 9 heteroatoms. The molecule has 3 aromatic heterocycles. The Kier molecular flexibility index (Phi) is 5.91. The van der Waals surface area contributed by atoms with Gasteiger partial charge in [-0.2, -0.15) is 5.10 Å². The monoisotopic (exact) mass is 447 g/mol. The van der Waals surface area contributed by atoms with E-state index in [-0.39, 0.29) is 5.91 Å².